The van der Waals surface area contributed by atoms with Crippen LogP contribution in [0.15, 0.2) is 48.5 Å². The molecule has 0 aliphatic carbocycles. The first-order chi connectivity index (χ1) is 11.1. The molecule has 0 saturated carbocycles. The monoisotopic (exact) mass is 331 g/mol. The van der Waals surface area contributed by atoms with E-state index in [-0.39, 0.29) is 24.5 Å². The number of benzene rings is 2. The molecule has 0 aliphatic rings. The summed E-state index contributed by atoms with van der Waals surface area (Å²) in [6.45, 7) is 0.408. The summed E-state index contributed by atoms with van der Waals surface area (Å²) in [5, 5.41) is 3.38. The van der Waals surface area contributed by atoms with Crippen molar-refractivity contribution in [2.75, 3.05) is 7.11 Å². The van der Waals surface area contributed by atoms with Gasteiger partial charge in [0.1, 0.15) is 5.75 Å². The SMILES string of the molecule is COc1cccc(CNC(=O)CCC(=O)c2ccc(Cl)cc2)c1. The third kappa shape index (κ3) is 5.42. The number of rotatable bonds is 7. The normalized spacial score (nSPS) is 10.2. The van der Waals surface area contributed by atoms with Crippen LogP contribution in [0.1, 0.15) is 28.8 Å². The first-order valence-electron chi connectivity index (χ1n) is 7.27. The number of hydrogen-bond acceptors (Lipinski definition) is 3. The van der Waals surface area contributed by atoms with Crippen LogP contribution >= 0.6 is 11.6 Å². The Bertz CT molecular complexity index is 683. The number of Topliss-reactive ketones (excluding diaryl/α,β-unsaturated/α-hetero) is 1. The van der Waals surface area contributed by atoms with Gasteiger partial charge in [0.05, 0.1) is 7.11 Å². The quantitative estimate of drug-likeness (QED) is 0.788. The van der Waals surface area contributed by atoms with Crippen molar-refractivity contribution < 1.29 is 14.3 Å². The van der Waals surface area contributed by atoms with Crippen LogP contribution in [0.25, 0.3) is 0 Å². The molecule has 0 spiro atoms. The van der Waals surface area contributed by atoms with Crippen molar-refractivity contribution >= 4 is 23.3 Å². The fourth-order valence-corrected chi connectivity index (χ4v) is 2.20. The van der Waals surface area contributed by atoms with E-state index in [0.29, 0.717) is 17.1 Å². The van der Waals surface area contributed by atoms with Gasteiger partial charge in [0, 0.05) is 30.0 Å². The van der Waals surface area contributed by atoms with Crippen LogP contribution in [0.4, 0.5) is 0 Å². The largest absolute Gasteiger partial charge is 0.497 e. The Labute approximate surface area is 140 Å². The van der Waals surface area contributed by atoms with E-state index in [4.69, 9.17) is 16.3 Å². The number of ketones is 1. The molecule has 0 atom stereocenters. The second-order valence-electron chi connectivity index (χ2n) is 5.06. The van der Waals surface area contributed by atoms with Gasteiger partial charge >= 0.3 is 0 Å². The molecule has 120 valence electrons. The van der Waals surface area contributed by atoms with E-state index in [9.17, 15) is 9.59 Å². The maximum Gasteiger partial charge on any atom is 0.220 e. The number of halogens is 1. The molecule has 5 heteroatoms. The van der Waals surface area contributed by atoms with E-state index in [0.717, 1.165) is 11.3 Å². The second kappa shape index (κ2) is 8.34. The highest BCUT2D eigenvalue weighted by Gasteiger charge is 2.09. The Morgan fingerprint density at radius 2 is 1.83 bits per heavy atom. The molecule has 0 bridgehead atoms. The van der Waals surface area contributed by atoms with Crippen LogP contribution in [0, 0.1) is 0 Å². The first kappa shape index (κ1) is 17.0. The average molecular weight is 332 g/mol. The molecular weight excluding hydrogens is 314 g/mol. The highest BCUT2D eigenvalue weighted by Crippen LogP contribution is 2.13. The van der Waals surface area contributed by atoms with E-state index >= 15 is 0 Å². The molecule has 4 nitrogen and oxygen atoms in total. The summed E-state index contributed by atoms with van der Waals surface area (Å²) in [4.78, 5) is 23.8. The minimum Gasteiger partial charge on any atom is -0.497 e. The van der Waals surface area contributed by atoms with Gasteiger partial charge in [-0.1, -0.05) is 23.7 Å². The molecule has 2 aromatic carbocycles. The van der Waals surface area contributed by atoms with Gasteiger partial charge < -0.3 is 10.1 Å². The van der Waals surface area contributed by atoms with Gasteiger partial charge in [0.25, 0.3) is 0 Å². The molecule has 0 saturated heterocycles. The summed E-state index contributed by atoms with van der Waals surface area (Å²) in [5.41, 5.74) is 1.51. The molecule has 23 heavy (non-hydrogen) atoms. The van der Waals surface area contributed by atoms with E-state index in [1.165, 1.54) is 0 Å². The van der Waals surface area contributed by atoms with E-state index in [1.54, 1.807) is 31.4 Å². The smallest absolute Gasteiger partial charge is 0.220 e. The van der Waals surface area contributed by atoms with Gasteiger partial charge in [-0.3, -0.25) is 9.59 Å². The molecule has 2 aromatic rings. The Morgan fingerprint density at radius 3 is 2.52 bits per heavy atom. The van der Waals surface area contributed by atoms with Gasteiger partial charge in [-0.15, -0.1) is 0 Å². The maximum atomic E-state index is 12.0. The zero-order valence-electron chi connectivity index (χ0n) is 12.8. The van der Waals surface area contributed by atoms with E-state index in [2.05, 4.69) is 5.32 Å². The lowest BCUT2D eigenvalue weighted by molar-refractivity contribution is -0.121. The Kier molecular flexibility index (Phi) is 6.18. The van der Waals surface area contributed by atoms with Crippen LogP contribution in [0.5, 0.6) is 5.75 Å². The van der Waals surface area contributed by atoms with Crippen LogP contribution < -0.4 is 10.1 Å². The molecule has 0 radical (unpaired) electrons. The Balaban J connectivity index is 1.78. The summed E-state index contributed by atoms with van der Waals surface area (Å²) in [5.74, 6) is 0.517. The van der Waals surface area contributed by atoms with Gasteiger partial charge in [0.15, 0.2) is 5.78 Å². The standard InChI is InChI=1S/C18H18ClNO3/c1-23-16-4-2-3-13(11-16)12-20-18(22)10-9-17(21)14-5-7-15(19)8-6-14/h2-8,11H,9-10,12H2,1H3,(H,20,22). The lowest BCUT2D eigenvalue weighted by Crippen LogP contribution is -2.23. The van der Waals surface area contributed by atoms with Crippen molar-refractivity contribution in [2.24, 2.45) is 0 Å². The molecule has 1 N–H and O–H groups in total. The van der Waals surface area contributed by atoms with Crippen LogP contribution in [0.2, 0.25) is 5.02 Å². The summed E-state index contributed by atoms with van der Waals surface area (Å²) in [6, 6.07) is 14.1. The zero-order valence-corrected chi connectivity index (χ0v) is 13.6. The Hall–Kier alpha value is -2.33. The average Bonchev–Trinajstić information content (AvgIpc) is 2.58. The minimum absolute atomic E-state index is 0.0711. The highest BCUT2D eigenvalue weighted by molar-refractivity contribution is 6.30. The topological polar surface area (TPSA) is 55.4 Å². The first-order valence-corrected chi connectivity index (χ1v) is 7.64. The fraction of sp³-hybridized carbons (Fsp3) is 0.222. The van der Waals surface area contributed by atoms with Crippen LogP contribution in [-0.4, -0.2) is 18.8 Å². The van der Waals surface area contributed by atoms with Crippen molar-refractivity contribution in [3.05, 3.63) is 64.7 Å². The summed E-state index contributed by atoms with van der Waals surface area (Å²) < 4.78 is 5.13. The van der Waals surface area contributed by atoms with Crippen LogP contribution in [-0.2, 0) is 11.3 Å². The van der Waals surface area contributed by atoms with E-state index < -0.39 is 0 Å². The van der Waals surface area contributed by atoms with E-state index in [1.807, 2.05) is 24.3 Å². The van der Waals surface area contributed by atoms with Gasteiger partial charge in [-0.05, 0) is 42.0 Å². The van der Waals surface area contributed by atoms with Crippen molar-refractivity contribution in [1.82, 2.24) is 5.32 Å². The van der Waals surface area contributed by atoms with Crippen molar-refractivity contribution in [3.8, 4) is 5.75 Å². The summed E-state index contributed by atoms with van der Waals surface area (Å²) >= 11 is 5.78. The molecular formula is C18H18ClNO3. The molecule has 0 aliphatic heterocycles. The highest BCUT2D eigenvalue weighted by atomic mass is 35.5. The number of carbonyl (C=O) groups is 2. The fourth-order valence-electron chi connectivity index (χ4n) is 2.08. The van der Waals surface area contributed by atoms with Gasteiger partial charge in [0.2, 0.25) is 5.91 Å². The van der Waals surface area contributed by atoms with Gasteiger partial charge in [-0.25, -0.2) is 0 Å². The number of carbonyl (C=O) groups excluding carboxylic acids is 2. The molecule has 1 amide bonds. The molecule has 0 aromatic heterocycles. The lowest BCUT2D eigenvalue weighted by Gasteiger charge is -2.07. The molecule has 0 heterocycles. The summed E-state index contributed by atoms with van der Waals surface area (Å²) in [6.07, 6.45) is 0.330. The summed E-state index contributed by atoms with van der Waals surface area (Å²) in [7, 11) is 1.60. The number of ether oxygens (including phenoxy) is 1. The lowest BCUT2D eigenvalue weighted by atomic mass is 10.1. The predicted octanol–water partition coefficient (Wildman–Crippen LogP) is 3.63. The number of methoxy groups -OCH3 is 1. The Morgan fingerprint density at radius 1 is 1.09 bits per heavy atom. The van der Waals surface area contributed by atoms with Crippen molar-refractivity contribution in [3.63, 3.8) is 0 Å². The number of amides is 1. The minimum atomic E-state index is -0.157. The number of hydrogen-bond donors (Lipinski definition) is 1. The predicted molar refractivity (Wildman–Crippen MR) is 89.9 cm³/mol. The molecule has 0 unspecified atom stereocenters. The molecule has 2 rings (SSSR count). The number of nitrogens with one attached hydrogen (secondary N) is 1. The zero-order chi connectivity index (χ0) is 16.7. The van der Waals surface area contributed by atoms with Gasteiger partial charge in [-0.2, -0.15) is 0 Å². The van der Waals surface area contributed by atoms with Crippen molar-refractivity contribution in [2.45, 2.75) is 19.4 Å². The molecule has 0 fully saturated rings. The second-order valence-corrected chi connectivity index (χ2v) is 5.49. The van der Waals surface area contributed by atoms with Crippen LogP contribution in [0.3, 0.4) is 0 Å². The van der Waals surface area contributed by atoms with Crippen molar-refractivity contribution in [1.29, 1.82) is 0 Å². The third-order valence-corrected chi connectivity index (χ3v) is 3.62. The third-order valence-electron chi connectivity index (χ3n) is 3.37. The maximum absolute atomic E-state index is 12.0.